The highest BCUT2D eigenvalue weighted by molar-refractivity contribution is 6.31. The number of hydrogen-bond donors (Lipinski definition) is 1. The summed E-state index contributed by atoms with van der Waals surface area (Å²) in [5.74, 6) is 1.59. The molecule has 3 heteroatoms. The van der Waals surface area contributed by atoms with Gasteiger partial charge < -0.3 is 10.1 Å². The molecule has 0 amide bonds. The molecule has 0 spiro atoms. The van der Waals surface area contributed by atoms with Gasteiger partial charge in [-0.3, -0.25) is 0 Å². The Morgan fingerprint density at radius 3 is 2.30 bits per heavy atom. The Hall–Kier alpha value is -1.51. The number of ether oxygens (including phenoxy) is 1. The number of benzene rings is 2. The van der Waals surface area contributed by atoms with E-state index < -0.39 is 0 Å². The van der Waals surface area contributed by atoms with Crippen molar-refractivity contribution in [3.63, 3.8) is 0 Å². The molecule has 0 aliphatic heterocycles. The van der Waals surface area contributed by atoms with Crippen LogP contribution in [0.3, 0.4) is 0 Å². The van der Waals surface area contributed by atoms with E-state index in [-0.39, 0.29) is 0 Å². The summed E-state index contributed by atoms with van der Waals surface area (Å²) in [6.45, 7) is 5.92. The molecule has 0 atom stereocenters. The number of halogens is 1. The molecule has 0 aromatic heterocycles. The van der Waals surface area contributed by atoms with Crippen molar-refractivity contribution in [2.45, 2.75) is 26.8 Å². The minimum Gasteiger partial charge on any atom is -0.457 e. The number of hydrogen-bond acceptors (Lipinski definition) is 2. The highest BCUT2D eigenvalue weighted by atomic mass is 35.5. The van der Waals surface area contributed by atoms with Crippen molar-refractivity contribution in [1.82, 2.24) is 5.32 Å². The van der Waals surface area contributed by atoms with Gasteiger partial charge in [-0.05, 0) is 48.4 Å². The number of nitrogens with one attached hydrogen (secondary N) is 1. The van der Waals surface area contributed by atoms with Gasteiger partial charge in [0.05, 0.1) is 0 Å². The molecule has 0 unspecified atom stereocenters. The van der Waals surface area contributed by atoms with E-state index in [0.717, 1.165) is 41.6 Å². The molecule has 2 aromatic carbocycles. The first kappa shape index (κ1) is 14.9. The molecule has 2 aromatic rings. The Kier molecular flexibility index (Phi) is 5.45. The summed E-state index contributed by atoms with van der Waals surface area (Å²) in [7, 11) is 0. The van der Waals surface area contributed by atoms with Crippen LogP contribution < -0.4 is 10.1 Å². The van der Waals surface area contributed by atoms with Crippen LogP contribution in [0.1, 0.15) is 25.0 Å². The first-order valence-corrected chi connectivity index (χ1v) is 7.36. The van der Waals surface area contributed by atoms with Crippen molar-refractivity contribution < 1.29 is 4.74 Å². The summed E-state index contributed by atoms with van der Waals surface area (Å²) in [4.78, 5) is 0. The van der Waals surface area contributed by atoms with Crippen LogP contribution in [0.2, 0.25) is 5.02 Å². The minimum absolute atomic E-state index is 0.730. The van der Waals surface area contributed by atoms with Crippen LogP contribution in [0.5, 0.6) is 11.5 Å². The SMILES string of the molecule is CCNCc1ccc(Oc2ccc(CC)cc2)cc1Cl. The largest absolute Gasteiger partial charge is 0.457 e. The predicted octanol–water partition coefficient (Wildman–Crippen LogP) is 4.80. The maximum atomic E-state index is 6.26. The van der Waals surface area contributed by atoms with E-state index in [4.69, 9.17) is 16.3 Å². The van der Waals surface area contributed by atoms with E-state index in [1.807, 2.05) is 30.3 Å². The molecule has 0 bridgehead atoms. The average molecular weight is 290 g/mol. The lowest BCUT2D eigenvalue weighted by Gasteiger charge is -2.09. The summed E-state index contributed by atoms with van der Waals surface area (Å²) in [6, 6.07) is 13.9. The summed E-state index contributed by atoms with van der Waals surface area (Å²) in [5, 5.41) is 3.99. The molecule has 0 fully saturated rings. The van der Waals surface area contributed by atoms with Gasteiger partial charge in [0.15, 0.2) is 0 Å². The molecule has 0 aliphatic rings. The van der Waals surface area contributed by atoms with Crippen molar-refractivity contribution in [3.05, 3.63) is 58.6 Å². The van der Waals surface area contributed by atoms with Crippen LogP contribution in [-0.4, -0.2) is 6.54 Å². The van der Waals surface area contributed by atoms with E-state index in [0.29, 0.717) is 0 Å². The lowest BCUT2D eigenvalue weighted by atomic mass is 10.2. The highest BCUT2D eigenvalue weighted by Crippen LogP contribution is 2.27. The zero-order valence-electron chi connectivity index (χ0n) is 11.9. The van der Waals surface area contributed by atoms with E-state index in [9.17, 15) is 0 Å². The van der Waals surface area contributed by atoms with Crippen LogP contribution >= 0.6 is 11.6 Å². The van der Waals surface area contributed by atoms with Gasteiger partial charge in [0.25, 0.3) is 0 Å². The van der Waals surface area contributed by atoms with Gasteiger partial charge in [-0.1, -0.05) is 43.6 Å². The molecule has 0 aliphatic carbocycles. The summed E-state index contributed by atoms with van der Waals surface area (Å²) >= 11 is 6.26. The maximum absolute atomic E-state index is 6.26. The Bertz CT molecular complexity index is 551. The fourth-order valence-corrected chi connectivity index (χ4v) is 2.16. The van der Waals surface area contributed by atoms with E-state index in [1.54, 1.807) is 0 Å². The third-order valence-corrected chi connectivity index (χ3v) is 3.51. The zero-order valence-corrected chi connectivity index (χ0v) is 12.7. The second-order valence-corrected chi connectivity index (χ2v) is 5.04. The van der Waals surface area contributed by atoms with Gasteiger partial charge in [-0.15, -0.1) is 0 Å². The second kappa shape index (κ2) is 7.32. The molecular weight excluding hydrogens is 270 g/mol. The second-order valence-electron chi connectivity index (χ2n) is 4.63. The van der Waals surface area contributed by atoms with Crippen molar-refractivity contribution in [3.8, 4) is 11.5 Å². The average Bonchev–Trinajstić information content (AvgIpc) is 2.47. The Morgan fingerprint density at radius 1 is 1.00 bits per heavy atom. The molecule has 0 radical (unpaired) electrons. The molecule has 106 valence electrons. The van der Waals surface area contributed by atoms with E-state index >= 15 is 0 Å². The summed E-state index contributed by atoms with van der Waals surface area (Å²) in [5.41, 5.74) is 2.39. The van der Waals surface area contributed by atoms with Gasteiger partial charge in [-0.2, -0.15) is 0 Å². The van der Waals surface area contributed by atoms with Crippen LogP contribution in [0.15, 0.2) is 42.5 Å². The van der Waals surface area contributed by atoms with E-state index in [1.165, 1.54) is 5.56 Å². The fourth-order valence-electron chi connectivity index (χ4n) is 1.92. The summed E-state index contributed by atoms with van der Waals surface area (Å²) in [6.07, 6.45) is 1.03. The predicted molar refractivity (Wildman–Crippen MR) is 84.7 cm³/mol. The third-order valence-electron chi connectivity index (χ3n) is 3.16. The van der Waals surface area contributed by atoms with Crippen LogP contribution in [0.25, 0.3) is 0 Å². The quantitative estimate of drug-likeness (QED) is 0.824. The third kappa shape index (κ3) is 3.99. The van der Waals surface area contributed by atoms with Crippen LogP contribution in [-0.2, 0) is 13.0 Å². The lowest BCUT2D eigenvalue weighted by Crippen LogP contribution is -2.11. The monoisotopic (exact) mass is 289 g/mol. The Morgan fingerprint density at radius 2 is 1.70 bits per heavy atom. The van der Waals surface area contributed by atoms with Gasteiger partial charge in [-0.25, -0.2) is 0 Å². The molecule has 2 rings (SSSR count). The molecule has 0 heterocycles. The topological polar surface area (TPSA) is 21.3 Å². The maximum Gasteiger partial charge on any atom is 0.128 e. The molecular formula is C17H20ClNO. The van der Waals surface area contributed by atoms with Crippen molar-refractivity contribution in [1.29, 1.82) is 0 Å². The van der Waals surface area contributed by atoms with Crippen molar-refractivity contribution >= 4 is 11.6 Å². The molecule has 2 nitrogen and oxygen atoms in total. The van der Waals surface area contributed by atoms with Crippen molar-refractivity contribution in [2.75, 3.05) is 6.54 Å². The smallest absolute Gasteiger partial charge is 0.128 e. The highest BCUT2D eigenvalue weighted by Gasteiger charge is 2.03. The Balaban J connectivity index is 2.07. The molecule has 20 heavy (non-hydrogen) atoms. The van der Waals surface area contributed by atoms with E-state index in [2.05, 4.69) is 31.3 Å². The molecule has 1 N–H and O–H groups in total. The van der Waals surface area contributed by atoms with Gasteiger partial charge >= 0.3 is 0 Å². The Labute approximate surface area is 125 Å². The molecule has 0 saturated heterocycles. The first-order valence-electron chi connectivity index (χ1n) is 6.99. The standard InChI is InChI=1S/C17H20ClNO/c1-3-13-5-8-15(9-6-13)20-16-10-7-14(12-19-4-2)17(18)11-16/h5-11,19H,3-4,12H2,1-2H3. The van der Waals surface area contributed by atoms with Gasteiger partial charge in [0.1, 0.15) is 11.5 Å². The van der Waals surface area contributed by atoms with Gasteiger partial charge in [0, 0.05) is 11.6 Å². The fraction of sp³-hybridized carbons (Fsp3) is 0.294. The lowest BCUT2D eigenvalue weighted by molar-refractivity contribution is 0.482. The van der Waals surface area contributed by atoms with Gasteiger partial charge in [0.2, 0.25) is 0 Å². The normalized spacial score (nSPS) is 10.6. The zero-order chi connectivity index (χ0) is 14.4. The minimum atomic E-state index is 0.730. The van der Waals surface area contributed by atoms with Crippen LogP contribution in [0, 0.1) is 0 Å². The first-order chi connectivity index (χ1) is 9.72. The van der Waals surface area contributed by atoms with Crippen molar-refractivity contribution in [2.24, 2.45) is 0 Å². The van der Waals surface area contributed by atoms with Crippen LogP contribution in [0.4, 0.5) is 0 Å². The molecule has 0 saturated carbocycles. The number of aryl methyl sites for hydroxylation is 1. The summed E-state index contributed by atoms with van der Waals surface area (Å²) < 4.78 is 5.81. The number of rotatable bonds is 6.